The number of hydrogen-bond acceptors (Lipinski definition) is 4. The molecule has 7 nitrogen and oxygen atoms in total. The Hall–Kier alpha value is -2.93. The number of carbonyl (C=O) groups is 1. The highest BCUT2D eigenvalue weighted by atomic mass is 16.1. The van der Waals surface area contributed by atoms with Crippen molar-refractivity contribution in [2.45, 2.75) is 26.1 Å². The summed E-state index contributed by atoms with van der Waals surface area (Å²) in [6.07, 6.45) is 4.59. The number of H-pyrrole nitrogens is 1. The Kier molecular flexibility index (Phi) is 4.30. The second kappa shape index (κ2) is 6.90. The van der Waals surface area contributed by atoms with Gasteiger partial charge in [0.05, 0.1) is 6.54 Å². The van der Waals surface area contributed by atoms with E-state index in [1.807, 2.05) is 29.1 Å². The summed E-state index contributed by atoms with van der Waals surface area (Å²) in [4.78, 5) is 12.4. The normalized spacial score (nSPS) is 13.4. The molecule has 0 atom stereocenters. The molecule has 1 aromatic carbocycles. The molecule has 25 heavy (non-hydrogen) atoms. The van der Waals surface area contributed by atoms with E-state index in [0.717, 1.165) is 36.3 Å². The smallest absolute Gasteiger partial charge is 0.272 e. The van der Waals surface area contributed by atoms with Gasteiger partial charge >= 0.3 is 0 Å². The van der Waals surface area contributed by atoms with Crippen molar-refractivity contribution in [3.8, 4) is 0 Å². The highest BCUT2D eigenvalue weighted by Crippen LogP contribution is 2.15. The molecular weight excluding hydrogens is 316 g/mol. The standard InChI is InChI=1S/C18H20N6O/c25-18(17-15-11-19-8-6-16(15)22-23-17)20-10-13-2-4-14(5-3-13)12-24-9-1-7-21-24/h1-5,7,9,19H,6,8,10-12H2,(H,20,25)(H,22,23). The lowest BCUT2D eigenvalue weighted by Gasteiger charge is -2.13. The molecule has 0 spiro atoms. The predicted molar refractivity (Wildman–Crippen MR) is 92.9 cm³/mol. The number of amides is 1. The van der Waals surface area contributed by atoms with Gasteiger partial charge in [0.15, 0.2) is 5.69 Å². The van der Waals surface area contributed by atoms with Gasteiger partial charge in [-0.3, -0.25) is 14.6 Å². The fourth-order valence-corrected chi connectivity index (χ4v) is 3.02. The fourth-order valence-electron chi connectivity index (χ4n) is 3.02. The zero-order valence-electron chi connectivity index (χ0n) is 13.8. The first kappa shape index (κ1) is 15.6. The quantitative estimate of drug-likeness (QED) is 0.654. The number of nitrogens with zero attached hydrogens (tertiary/aromatic N) is 3. The highest BCUT2D eigenvalue weighted by molar-refractivity contribution is 5.94. The van der Waals surface area contributed by atoms with E-state index in [1.54, 1.807) is 6.20 Å². The van der Waals surface area contributed by atoms with Crippen molar-refractivity contribution >= 4 is 5.91 Å². The number of hydrogen-bond donors (Lipinski definition) is 3. The molecule has 0 unspecified atom stereocenters. The molecule has 1 aliphatic rings. The van der Waals surface area contributed by atoms with Gasteiger partial charge in [-0.15, -0.1) is 0 Å². The third kappa shape index (κ3) is 3.46. The molecule has 0 saturated carbocycles. The molecule has 1 amide bonds. The molecule has 3 heterocycles. The van der Waals surface area contributed by atoms with Crippen LogP contribution in [-0.4, -0.2) is 32.4 Å². The summed E-state index contributed by atoms with van der Waals surface area (Å²) in [5, 5.41) is 17.6. The number of aromatic nitrogens is 4. The van der Waals surface area contributed by atoms with Crippen LogP contribution in [0.1, 0.15) is 32.9 Å². The van der Waals surface area contributed by atoms with E-state index >= 15 is 0 Å². The molecule has 0 saturated heterocycles. The summed E-state index contributed by atoms with van der Waals surface area (Å²) in [6.45, 7) is 2.83. The van der Waals surface area contributed by atoms with E-state index in [2.05, 4.69) is 38.1 Å². The van der Waals surface area contributed by atoms with Crippen LogP contribution >= 0.6 is 0 Å². The zero-order valence-corrected chi connectivity index (χ0v) is 13.8. The monoisotopic (exact) mass is 336 g/mol. The van der Waals surface area contributed by atoms with E-state index in [0.29, 0.717) is 18.8 Å². The van der Waals surface area contributed by atoms with Crippen LogP contribution < -0.4 is 10.6 Å². The lowest BCUT2D eigenvalue weighted by atomic mass is 10.1. The molecular formula is C18H20N6O. The van der Waals surface area contributed by atoms with Gasteiger partial charge in [-0.1, -0.05) is 24.3 Å². The van der Waals surface area contributed by atoms with Gasteiger partial charge < -0.3 is 10.6 Å². The second-order valence-electron chi connectivity index (χ2n) is 6.16. The molecule has 0 aliphatic carbocycles. The Morgan fingerprint density at radius 2 is 2.08 bits per heavy atom. The predicted octanol–water partition coefficient (Wildman–Crippen LogP) is 1.23. The Balaban J connectivity index is 1.36. The van der Waals surface area contributed by atoms with Crippen LogP contribution in [0.15, 0.2) is 42.7 Å². The largest absolute Gasteiger partial charge is 0.347 e. The summed E-state index contributed by atoms with van der Waals surface area (Å²) in [5.74, 6) is -0.137. The highest BCUT2D eigenvalue weighted by Gasteiger charge is 2.21. The number of aromatic amines is 1. The summed E-state index contributed by atoms with van der Waals surface area (Å²) >= 11 is 0. The first-order valence-electron chi connectivity index (χ1n) is 8.40. The molecule has 7 heteroatoms. The van der Waals surface area contributed by atoms with Gasteiger partial charge in [-0.05, 0) is 17.2 Å². The van der Waals surface area contributed by atoms with Crippen LogP contribution in [-0.2, 0) is 26.1 Å². The fraction of sp³-hybridized carbons (Fsp3) is 0.278. The van der Waals surface area contributed by atoms with Crippen LogP contribution in [0.25, 0.3) is 0 Å². The van der Waals surface area contributed by atoms with Gasteiger partial charge in [0.1, 0.15) is 0 Å². The van der Waals surface area contributed by atoms with E-state index < -0.39 is 0 Å². The first-order valence-corrected chi connectivity index (χ1v) is 8.40. The third-order valence-corrected chi connectivity index (χ3v) is 4.40. The van der Waals surface area contributed by atoms with E-state index in [4.69, 9.17) is 0 Å². The summed E-state index contributed by atoms with van der Waals surface area (Å²) in [6, 6.07) is 10.1. The van der Waals surface area contributed by atoms with Gasteiger partial charge in [0.25, 0.3) is 5.91 Å². The van der Waals surface area contributed by atoms with Gasteiger partial charge in [0.2, 0.25) is 0 Å². The van der Waals surface area contributed by atoms with E-state index in [1.165, 1.54) is 5.56 Å². The number of rotatable bonds is 5. The Bertz CT molecular complexity index is 850. The van der Waals surface area contributed by atoms with Crippen molar-refractivity contribution in [1.82, 2.24) is 30.6 Å². The summed E-state index contributed by atoms with van der Waals surface area (Å²) < 4.78 is 1.88. The molecule has 0 bridgehead atoms. The molecule has 4 rings (SSSR count). The van der Waals surface area contributed by atoms with Gasteiger partial charge in [-0.2, -0.15) is 10.2 Å². The Morgan fingerprint density at radius 3 is 2.88 bits per heavy atom. The lowest BCUT2D eigenvalue weighted by Crippen LogP contribution is -2.28. The molecule has 2 aromatic heterocycles. The minimum atomic E-state index is -0.137. The minimum Gasteiger partial charge on any atom is -0.347 e. The van der Waals surface area contributed by atoms with E-state index in [9.17, 15) is 4.79 Å². The van der Waals surface area contributed by atoms with Gasteiger partial charge in [-0.25, -0.2) is 0 Å². The average molecular weight is 336 g/mol. The van der Waals surface area contributed by atoms with Crippen molar-refractivity contribution in [2.75, 3.05) is 6.54 Å². The number of carbonyl (C=O) groups excluding carboxylic acids is 1. The Labute approximate surface area is 145 Å². The molecule has 0 fully saturated rings. The molecule has 128 valence electrons. The van der Waals surface area contributed by atoms with Crippen molar-refractivity contribution in [3.63, 3.8) is 0 Å². The maximum Gasteiger partial charge on any atom is 0.272 e. The maximum absolute atomic E-state index is 12.4. The topological polar surface area (TPSA) is 87.6 Å². The zero-order chi connectivity index (χ0) is 17.1. The second-order valence-corrected chi connectivity index (χ2v) is 6.16. The van der Waals surface area contributed by atoms with Crippen LogP contribution in [0.3, 0.4) is 0 Å². The molecule has 0 radical (unpaired) electrons. The van der Waals surface area contributed by atoms with Crippen molar-refractivity contribution in [2.24, 2.45) is 0 Å². The summed E-state index contributed by atoms with van der Waals surface area (Å²) in [5.41, 5.74) is 4.77. The van der Waals surface area contributed by atoms with Crippen LogP contribution in [0, 0.1) is 0 Å². The maximum atomic E-state index is 12.4. The molecule has 3 aromatic rings. The van der Waals surface area contributed by atoms with Crippen molar-refractivity contribution in [1.29, 1.82) is 0 Å². The van der Waals surface area contributed by atoms with Crippen LogP contribution in [0.4, 0.5) is 0 Å². The van der Waals surface area contributed by atoms with Crippen molar-refractivity contribution in [3.05, 3.63) is 70.8 Å². The number of benzene rings is 1. The Morgan fingerprint density at radius 1 is 1.24 bits per heavy atom. The third-order valence-electron chi connectivity index (χ3n) is 4.40. The average Bonchev–Trinajstić information content (AvgIpc) is 3.30. The van der Waals surface area contributed by atoms with Crippen LogP contribution in [0.5, 0.6) is 0 Å². The molecule has 1 aliphatic heterocycles. The van der Waals surface area contributed by atoms with Crippen LogP contribution in [0.2, 0.25) is 0 Å². The lowest BCUT2D eigenvalue weighted by molar-refractivity contribution is 0.0944. The van der Waals surface area contributed by atoms with E-state index in [-0.39, 0.29) is 5.91 Å². The minimum absolute atomic E-state index is 0.137. The first-order chi connectivity index (χ1) is 12.3. The SMILES string of the molecule is O=C(NCc1ccc(Cn2cccn2)cc1)c1n[nH]c2c1CNCC2. The number of nitrogens with one attached hydrogen (secondary N) is 3. The summed E-state index contributed by atoms with van der Waals surface area (Å²) in [7, 11) is 0. The van der Waals surface area contributed by atoms with Gasteiger partial charge in [0, 0.05) is 49.7 Å². The van der Waals surface area contributed by atoms with Crippen molar-refractivity contribution < 1.29 is 4.79 Å². The number of fused-ring (bicyclic) bond motifs is 1. The molecule has 3 N–H and O–H groups in total.